The molecule has 0 unspecified atom stereocenters. The van der Waals surface area contributed by atoms with Crippen molar-refractivity contribution in [1.82, 2.24) is 4.57 Å². The fraction of sp³-hybridized carbons (Fsp3) is 0.444. The molecule has 1 aromatic carbocycles. The molecular weight excluding hydrogens is 308 g/mol. The largest absolute Gasteiger partial charge is 0.492 e. The van der Waals surface area contributed by atoms with Gasteiger partial charge in [-0.2, -0.15) is 0 Å². The fourth-order valence-electron chi connectivity index (χ4n) is 2.77. The second-order valence-electron chi connectivity index (χ2n) is 5.75. The van der Waals surface area contributed by atoms with Crippen molar-refractivity contribution in [3.8, 4) is 11.5 Å². The molecule has 1 aromatic heterocycles. The number of esters is 1. The molecule has 0 aliphatic heterocycles. The number of nitrogens with two attached hydrogens (primary N) is 1. The van der Waals surface area contributed by atoms with E-state index < -0.39 is 5.97 Å². The molecule has 2 aromatic rings. The topological polar surface area (TPSA) is 83.5 Å². The first-order valence-electron chi connectivity index (χ1n) is 8.18. The van der Waals surface area contributed by atoms with E-state index >= 15 is 0 Å². The molecule has 0 saturated carbocycles. The molecule has 0 bridgehead atoms. The van der Waals surface area contributed by atoms with Gasteiger partial charge in [-0.25, -0.2) is 0 Å². The Morgan fingerprint density at radius 2 is 1.96 bits per heavy atom. The van der Waals surface area contributed by atoms with Crippen molar-refractivity contribution in [2.24, 2.45) is 0 Å². The van der Waals surface area contributed by atoms with Crippen molar-refractivity contribution >= 4 is 22.6 Å². The van der Waals surface area contributed by atoms with Crippen molar-refractivity contribution in [3.63, 3.8) is 0 Å². The highest BCUT2D eigenvalue weighted by Crippen LogP contribution is 2.33. The Kier molecular flexibility index (Phi) is 5.84. The summed E-state index contributed by atoms with van der Waals surface area (Å²) in [6, 6.07) is 5.25. The number of aromatic nitrogens is 1. The van der Waals surface area contributed by atoms with Crippen LogP contribution in [0, 0.1) is 0 Å². The first-order valence-corrected chi connectivity index (χ1v) is 8.18. The lowest BCUT2D eigenvalue weighted by atomic mass is 10.1. The highest BCUT2D eigenvalue weighted by molar-refractivity contribution is 5.90. The zero-order valence-electron chi connectivity index (χ0n) is 14.4. The SMILES string of the molecule is CCCCCCn1c(=O)c(OC(C)=O)c(OC)c2ccc(N)cc21. The van der Waals surface area contributed by atoms with E-state index in [1.807, 2.05) is 0 Å². The number of fused-ring (bicyclic) bond motifs is 1. The molecule has 6 heteroatoms. The summed E-state index contributed by atoms with van der Waals surface area (Å²) in [4.78, 5) is 24.2. The van der Waals surface area contributed by atoms with Gasteiger partial charge in [0.2, 0.25) is 5.75 Å². The summed E-state index contributed by atoms with van der Waals surface area (Å²) < 4.78 is 12.1. The maximum atomic E-state index is 12.8. The van der Waals surface area contributed by atoms with Gasteiger partial charge in [0.15, 0.2) is 5.75 Å². The van der Waals surface area contributed by atoms with Crippen LogP contribution in [0.1, 0.15) is 39.5 Å². The number of carbonyl (C=O) groups is 1. The van der Waals surface area contributed by atoms with Crippen LogP contribution in [0.3, 0.4) is 0 Å². The number of methoxy groups -OCH3 is 1. The summed E-state index contributed by atoms with van der Waals surface area (Å²) in [7, 11) is 1.45. The highest BCUT2D eigenvalue weighted by atomic mass is 16.6. The Morgan fingerprint density at radius 1 is 1.21 bits per heavy atom. The van der Waals surface area contributed by atoms with Crippen LogP contribution in [0.15, 0.2) is 23.0 Å². The second kappa shape index (κ2) is 7.86. The van der Waals surface area contributed by atoms with Crippen LogP contribution in [0.5, 0.6) is 11.5 Å². The predicted molar refractivity (Wildman–Crippen MR) is 94.6 cm³/mol. The van der Waals surface area contributed by atoms with Gasteiger partial charge in [0.25, 0.3) is 5.56 Å². The first kappa shape index (κ1) is 17.8. The number of aryl methyl sites for hydroxylation is 1. The Labute approximate surface area is 141 Å². The molecule has 6 nitrogen and oxygen atoms in total. The van der Waals surface area contributed by atoms with E-state index in [4.69, 9.17) is 15.2 Å². The molecule has 2 N–H and O–H groups in total. The molecule has 0 fully saturated rings. The van der Waals surface area contributed by atoms with E-state index in [-0.39, 0.29) is 17.1 Å². The number of unbranched alkanes of at least 4 members (excludes halogenated alkanes) is 3. The smallest absolute Gasteiger partial charge is 0.308 e. The van der Waals surface area contributed by atoms with Crippen molar-refractivity contribution in [1.29, 1.82) is 0 Å². The van der Waals surface area contributed by atoms with Crippen molar-refractivity contribution in [3.05, 3.63) is 28.6 Å². The number of carbonyl (C=O) groups excluding carboxylic acids is 1. The second-order valence-corrected chi connectivity index (χ2v) is 5.75. The molecule has 0 saturated heterocycles. The van der Waals surface area contributed by atoms with Crippen LogP contribution in [-0.4, -0.2) is 17.6 Å². The van der Waals surface area contributed by atoms with E-state index in [0.29, 0.717) is 23.1 Å². The maximum Gasteiger partial charge on any atom is 0.308 e. The molecule has 24 heavy (non-hydrogen) atoms. The lowest BCUT2D eigenvalue weighted by molar-refractivity contribution is -0.132. The average Bonchev–Trinajstić information content (AvgIpc) is 2.54. The van der Waals surface area contributed by atoms with Gasteiger partial charge in [0, 0.05) is 24.5 Å². The number of anilines is 1. The molecule has 0 radical (unpaired) electrons. The van der Waals surface area contributed by atoms with Gasteiger partial charge in [0.05, 0.1) is 12.6 Å². The summed E-state index contributed by atoms with van der Waals surface area (Å²) in [5.41, 5.74) is 6.76. The Hall–Kier alpha value is -2.50. The number of nitrogens with zero attached hydrogens (tertiary/aromatic N) is 1. The molecule has 0 amide bonds. The van der Waals surface area contributed by atoms with Gasteiger partial charge in [-0.1, -0.05) is 26.2 Å². The van der Waals surface area contributed by atoms with Crippen LogP contribution in [0.25, 0.3) is 10.9 Å². The molecule has 1 heterocycles. The van der Waals surface area contributed by atoms with Gasteiger partial charge >= 0.3 is 5.97 Å². The van der Waals surface area contributed by atoms with Crippen LogP contribution >= 0.6 is 0 Å². The van der Waals surface area contributed by atoms with E-state index in [2.05, 4.69) is 6.92 Å². The molecule has 0 aliphatic carbocycles. The van der Waals surface area contributed by atoms with Gasteiger partial charge in [0.1, 0.15) is 0 Å². The third kappa shape index (κ3) is 3.69. The quantitative estimate of drug-likeness (QED) is 0.478. The molecule has 0 atom stereocenters. The van der Waals surface area contributed by atoms with E-state index in [9.17, 15) is 9.59 Å². The van der Waals surface area contributed by atoms with Gasteiger partial charge in [-0.3, -0.25) is 9.59 Å². The molecule has 2 rings (SSSR count). The molecule has 0 spiro atoms. The third-order valence-electron chi connectivity index (χ3n) is 3.89. The lowest BCUT2D eigenvalue weighted by Gasteiger charge is -2.16. The number of benzene rings is 1. The number of hydrogen-bond donors (Lipinski definition) is 1. The van der Waals surface area contributed by atoms with Crippen LogP contribution in [0.2, 0.25) is 0 Å². The highest BCUT2D eigenvalue weighted by Gasteiger charge is 2.20. The average molecular weight is 332 g/mol. The van der Waals surface area contributed by atoms with Gasteiger partial charge < -0.3 is 19.8 Å². The lowest BCUT2D eigenvalue weighted by Crippen LogP contribution is -2.25. The zero-order chi connectivity index (χ0) is 17.7. The summed E-state index contributed by atoms with van der Waals surface area (Å²) >= 11 is 0. The fourth-order valence-corrected chi connectivity index (χ4v) is 2.77. The van der Waals surface area contributed by atoms with Gasteiger partial charge in [-0.15, -0.1) is 0 Å². The molecule has 130 valence electrons. The number of rotatable bonds is 7. The van der Waals surface area contributed by atoms with Crippen LogP contribution in [0.4, 0.5) is 5.69 Å². The summed E-state index contributed by atoms with van der Waals surface area (Å²) in [5.74, 6) is -0.370. The minimum Gasteiger partial charge on any atom is -0.492 e. The standard InChI is InChI=1S/C18H24N2O4/c1-4-5-6-7-10-20-15-11-13(19)8-9-14(15)16(23-3)17(18(20)22)24-12(2)21/h8-9,11H,4-7,10,19H2,1-3H3. The van der Waals surface area contributed by atoms with E-state index in [1.165, 1.54) is 14.0 Å². The Morgan fingerprint density at radius 3 is 2.58 bits per heavy atom. The monoisotopic (exact) mass is 332 g/mol. The number of nitrogen functional groups attached to an aromatic ring is 1. The summed E-state index contributed by atoms with van der Waals surface area (Å²) in [6.45, 7) is 3.93. The Bertz CT molecular complexity index is 796. The molecular formula is C18H24N2O4. The zero-order valence-corrected chi connectivity index (χ0v) is 14.4. The minimum absolute atomic E-state index is 0.0715. The van der Waals surface area contributed by atoms with E-state index in [1.54, 1.807) is 22.8 Å². The van der Waals surface area contributed by atoms with Crippen LogP contribution < -0.4 is 20.8 Å². The molecule has 0 aliphatic rings. The van der Waals surface area contributed by atoms with Crippen molar-refractivity contribution in [2.75, 3.05) is 12.8 Å². The minimum atomic E-state index is -0.558. The Balaban J connectivity index is 2.63. The third-order valence-corrected chi connectivity index (χ3v) is 3.89. The van der Waals surface area contributed by atoms with Crippen LogP contribution in [-0.2, 0) is 11.3 Å². The number of hydrogen-bond acceptors (Lipinski definition) is 5. The normalized spacial score (nSPS) is 10.8. The maximum absolute atomic E-state index is 12.8. The number of pyridine rings is 1. The van der Waals surface area contributed by atoms with E-state index in [0.717, 1.165) is 25.7 Å². The summed E-state index contributed by atoms with van der Waals surface area (Å²) in [5, 5.41) is 0.693. The van der Waals surface area contributed by atoms with Gasteiger partial charge in [-0.05, 0) is 24.6 Å². The van der Waals surface area contributed by atoms with Crippen molar-refractivity contribution in [2.45, 2.75) is 46.1 Å². The van der Waals surface area contributed by atoms with Crippen molar-refractivity contribution < 1.29 is 14.3 Å². The predicted octanol–water partition coefficient (Wildman–Crippen LogP) is 3.10. The first-order chi connectivity index (χ1) is 11.5. The number of ether oxygens (including phenoxy) is 2. The summed E-state index contributed by atoms with van der Waals surface area (Å²) in [6.07, 6.45) is 4.12.